The summed E-state index contributed by atoms with van der Waals surface area (Å²) in [7, 11) is -1.67. The number of hydrogen-bond donors (Lipinski definition) is 1. The topological polar surface area (TPSA) is 63.1 Å². The van der Waals surface area contributed by atoms with Crippen LogP contribution in [0.2, 0.25) is 18.1 Å². The summed E-state index contributed by atoms with van der Waals surface area (Å²) in [6.07, 6.45) is 6.01. The smallest absolute Gasteiger partial charge is 0.162 e. The van der Waals surface area contributed by atoms with Crippen molar-refractivity contribution in [3.63, 3.8) is 0 Å². The Balaban J connectivity index is 0.000000389. The number of nitrogens with zero attached hydrogens (tertiary/aromatic N) is 2. The summed E-state index contributed by atoms with van der Waals surface area (Å²) < 4.78 is 10.7. The number of benzene rings is 3. The second-order valence-electron chi connectivity index (χ2n) is 15.0. The molecule has 4 nitrogen and oxygen atoms in total. The van der Waals surface area contributed by atoms with Gasteiger partial charge in [-0.25, -0.2) is 4.98 Å². The van der Waals surface area contributed by atoms with Crippen LogP contribution in [-0.4, -0.2) is 28.9 Å². The van der Waals surface area contributed by atoms with Crippen molar-refractivity contribution in [2.45, 2.75) is 119 Å². The van der Waals surface area contributed by atoms with E-state index in [1.807, 2.05) is 27.7 Å². The molecule has 2 aromatic heterocycles. The van der Waals surface area contributed by atoms with E-state index in [2.05, 4.69) is 101 Å². The molecule has 0 fully saturated rings. The number of fused-ring (bicyclic) bond motifs is 4. The number of carbonyl (C=O) groups is 1. The van der Waals surface area contributed by atoms with E-state index in [-0.39, 0.29) is 55.2 Å². The van der Waals surface area contributed by atoms with Gasteiger partial charge in [-0.1, -0.05) is 129 Å². The average Bonchev–Trinajstić information content (AvgIpc) is 3.46. The van der Waals surface area contributed by atoms with Crippen LogP contribution < -0.4 is 5.19 Å². The first-order chi connectivity index (χ1) is 24.3. The van der Waals surface area contributed by atoms with Crippen molar-refractivity contribution in [1.29, 1.82) is 0 Å². The Kier molecular flexibility index (Phi) is 15.2. The van der Waals surface area contributed by atoms with Gasteiger partial charge in [0.2, 0.25) is 0 Å². The number of aliphatic hydroxyl groups is 1. The van der Waals surface area contributed by atoms with Gasteiger partial charge in [-0.2, -0.15) is 0 Å². The van der Waals surface area contributed by atoms with Gasteiger partial charge >= 0.3 is 0 Å². The molecule has 0 amide bonds. The summed E-state index contributed by atoms with van der Waals surface area (Å²) >= 11 is 1.75. The van der Waals surface area contributed by atoms with Crippen molar-refractivity contribution in [2.75, 3.05) is 0 Å². The zero-order valence-electron chi connectivity index (χ0n) is 33.5. The molecule has 1 radical (unpaired) electrons. The van der Waals surface area contributed by atoms with E-state index in [0.29, 0.717) is 0 Å². The summed E-state index contributed by atoms with van der Waals surface area (Å²) in [5.74, 6) is 0.547. The summed E-state index contributed by atoms with van der Waals surface area (Å²) in [5, 5.41) is 14.9. The normalized spacial score (nSPS) is 12.7. The minimum Gasteiger partial charge on any atom is -0.512 e. The standard InChI is InChI=1S/C31H35N2SSi.C13H24O2.Ir/c1-7-35(8-2,9-3)27-18-23(17-22-12-10-11-13-24(22)27)28-30-29(33-20-32-28)25-15-14-21(16-26(25)34-30)19-31(4,5)6;1-5-10(6-2)12(14)9-13(15)11(7-3)8-4;/h10-16,18,20H,7-9,19H2,1-6H3;9-11,14H,5-8H2,1-4H3;/q-1;;/b;12-9-;/i20D;;. The third-order valence-corrected chi connectivity index (χ3v) is 17.5. The van der Waals surface area contributed by atoms with Crippen LogP contribution in [0.15, 0.2) is 66.7 Å². The van der Waals surface area contributed by atoms with E-state index in [4.69, 9.17) is 6.35 Å². The Morgan fingerprint density at radius 2 is 1.53 bits per heavy atom. The van der Waals surface area contributed by atoms with E-state index in [9.17, 15) is 9.90 Å². The molecule has 0 saturated carbocycles. The monoisotopic (exact) mass is 901 g/mol. The third-order valence-electron chi connectivity index (χ3n) is 10.7. The second-order valence-corrected chi connectivity index (χ2v) is 21.3. The molecule has 5 aromatic rings. The molecule has 0 bridgehead atoms. The molecule has 5 rings (SSSR count). The Morgan fingerprint density at radius 1 is 0.902 bits per heavy atom. The first-order valence-corrected chi connectivity index (χ1v) is 22.3. The van der Waals surface area contributed by atoms with Gasteiger partial charge in [-0.3, -0.25) is 9.78 Å². The molecule has 7 heteroatoms. The molecule has 0 aliphatic heterocycles. The number of aromatic nitrogens is 2. The molecule has 3 aromatic carbocycles. The largest absolute Gasteiger partial charge is 0.512 e. The first-order valence-electron chi connectivity index (χ1n) is 19.4. The molecule has 0 unspecified atom stereocenters. The van der Waals surface area contributed by atoms with E-state index in [1.165, 1.54) is 45.0 Å². The summed E-state index contributed by atoms with van der Waals surface area (Å²) in [6.45, 7) is 22.0. The van der Waals surface area contributed by atoms with Crippen LogP contribution in [0.5, 0.6) is 0 Å². The first kappa shape index (κ1) is 41.1. The van der Waals surface area contributed by atoms with Gasteiger partial charge in [0.25, 0.3) is 0 Å². The fourth-order valence-corrected chi connectivity index (χ4v) is 12.5. The maximum atomic E-state index is 11.7. The molecule has 0 aliphatic rings. The maximum absolute atomic E-state index is 11.7. The van der Waals surface area contributed by atoms with Crippen LogP contribution >= 0.6 is 11.3 Å². The molecule has 0 aliphatic carbocycles. The number of thiophene rings is 1. The van der Waals surface area contributed by atoms with Crippen LogP contribution in [0.3, 0.4) is 0 Å². The Hall–Kier alpha value is -2.70. The summed E-state index contributed by atoms with van der Waals surface area (Å²) in [4.78, 5) is 21.0. The number of carbonyl (C=O) groups excluding carboxylic acids is 1. The molecule has 0 saturated heterocycles. The van der Waals surface area contributed by atoms with Crippen LogP contribution in [0.1, 0.15) is 102 Å². The van der Waals surface area contributed by atoms with E-state index in [0.717, 1.165) is 64.4 Å². The van der Waals surface area contributed by atoms with Crippen LogP contribution in [0, 0.1) is 23.3 Å². The van der Waals surface area contributed by atoms with Gasteiger partial charge in [-0.15, -0.1) is 40.1 Å². The van der Waals surface area contributed by atoms with Crippen molar-refractivity contribution in [3.05, 3.63) is 78.3 Å². The minimum atomic E-state index is -1.67. The summed E-state index contributed by atoms with van der Waals surface area (Å²) in [5.41, 5.74) is 4.31. The van der Waals surface area contributed by atoms with E-state index >= 15 is 0 Å². The zero-order chi connectivity index (χ0) is 37.5. The second kappa shape index (κ2) is 18.9. The molecule has 51 heavy (non-hydrogen) atoms. The minimum absolute atomic E-state index is 0. The molecular formula is C44H59IrN2O2SSi-. The van der Waals surface area contributed by atoms with Gasteiger partial charge in [0.15, 0.2) is 5.78 Å². The van der Waals surface area contributed by atoms with Crippen molar-refractivity contribution >= 4 is 61.5 Å². The van der Waals surface area contributed by atoms with Crippen LogP contribution in [0.25, 0.3) is 42.3 Å². The molecule has 2 heterocycles. The molecule has 0 spiro atoms. The zero-order valence-corrected chi connectivity index (χ0v) is 36.7. The Labute approximate surface area is 327 Å². The third kappa shape index (κ3) is 9.84. The van der Waals surface area contributed by atoms with Gasteiger partial charge in [0, 0.05) is 58.5 Å². The number of rotatable bonds is 13. The van der Waals surface area contributed by atoms with Crippen molar-refractivity contribution in [3.8, 4) is 11.3 Å². The quantitative estimate of drug-likeness (QED) is 0.0553. The predicted molar refractivity (Wildman–Crippen MR) is 221 cm³/mol. The Bertz CT molecular complexity index is 1980. The molecule has 0 atom stereocenters. The molecular weight excluding hydrogens is 841 g/mol. The number of aliphatic hydroxyl groups excluding tert-OH is 1. The van der Waals surface area contributed by atoms with Crippen molar-refractivity contribution < 1.29 is 31.4 Å². The summed E-state index contributed by atoms with van der Waals surface area (Å²) in [6, 6.07) is 25.1. The van der Waals surface area contributed by atoms with Gasteiger partial charge < -0.3 is 5.11 Å². The van der Waals surface area contributed by atoms with Crippen LogP contribution in [-0.2, 0) is 31.3 Å². The van der Waals surface area contributed by atoms with Gasteiger partial charge in [0.1, 0.15) is 7.67 Å². The fourth-order valence-electron chi connectivity index (χ4n) is 7.38. The fraction of sp³-hybridized carbons (Fsp3) is 0.477. The molecule has 277 valence electrons. The number of ketones is 1. The molecule has 1 N–H and O–H groups in total. The van der Waals surface area contributed by atoms with E-state index < -0.39 is 8.07 Å². The maximum Gasteiger partial charge on any atom is 0.162 e. The average molecular weight is 901 g/mol. The van der Waals surface area contributed by atoms with Crippen LogP contribution in [0.4, 0.5) is 0 Å². The van der Waals surface area contributed by atoms with Crippen molar-refractivity contribution in [2.24, 2.45) is 17.3 Å². The van der Waals surface area contributed by atoms with Crippen molar-refractivity contribution in [1.82, 2.24) is 9.97 Å². The number of hydrogen-bond acceptors (Lipinski definition) is 5. The Morgan fingerprint density at radius 3 is 2.12 bits per heavy atom. The SMILES string of the molecule is CCC(CC)C(=O)/C=C(\O)C(CC)CC.[2H]c1nc(-c2[c-]c3ccccc3c([Si](CC)(CC)CC)c2)c2sc3cc(CC(C)(C)C)ccc3c2n1.[Ir]. The van der Waals surface area contributed by atoms with Gasteiger partial charge in [-0.05, 0) is 49.1 Å². The number of allylic oxidation sites excluding steroid dienone is 2. The van der Waals surface area contributed by atoms with E-state index in [1.54, 1.807) is 11.3 Å². The predicted octanol–water partition coefficient (Wildman–Crippen LogP) is 12.6. The van der Waals surface area contributed by atoms with Gasteiger partial charge in [0.05, 0.1) is 19.3 Å².